The number of hydrogen-bond donors (Lipinski definition) is 1. The fourth-order valence-electron chi connectivity index (χ4n) is 5.46. The molecule has 13 heteroatoms. The van der Waals surface area contributed by atoms with Crippen molar-refractivity contribution in [3.8, 4) is 0 Å². The Labute approximate surface area is 255 Å². The van der Waals surface area contributed by atoms with Crippen LogP contribution >= 0.6 is 35.0 Å². The molecule has 8 nitrogen and oxygen atoms in total. The Morgan fingerprint density at radius 1 is 0.927 bits per heavy atom. The van der Waals surface area contributed by atoms with Crippen LogP contribution in [0.3, 0.4) is 0 Å². The second-order valence-electron chi connectivity index (χ2n) is 10.3. The zero-order chi connectivity index (χ0) is 29.9. The first kappa shape index (κ1) is 31.7. The molecule has 1 fully saturated rings. The molecule has 0 bridgehead atoms. The number of anilines is 1. The van der Waals surface area contributed by atoms with Gasteiger partial charge in [0.15, 0.2) is 25.5 Å². The van der Waals surface area contributed by atoms with Gasteiger partial charge in [0, 0.05) is 24.2 Å². The van der Waals surface area contributed by atoms with E-state index in [-0.39, 0.29) is 37.5 Å². The van der Waals surface area contributed by atoms with E-state index in [2.05, 4.69) is 15.3 Å². The summed E-state index contributed by atoms with van der Waals surface area (Å²) in [5.74, 6) is -0.568. The smallest absolute Gasteiger partial charge is 0.233 e. The number of thioether (sulfide) groups is 1. The molecule has 1 amide bonds. The Balaban J connectivity index is 1.85. The van der Waals surface area contributed by atoms with Gasteiger partial charge in [-0.1, -0.05) is 48.2 Å². The van der Waals surface area contributed by atoms with Gasteiger partial charge in [-0.3, -0.25) is 9.78 Å². The molecule has 1 heterocycles. The van der Waals surface area contributed by atoms with Crippen LogP contribution in [0.5, 0.6) is 0 Å². The molecular formula is C28H31Cl2N3O5S3. The van der Waals surface area contributed by atoms with Crippen LogP contribution in [0.2, 0.25) is 10.0 Å². The van der Waals surface area contributed by atoms with Gasteiger partial charge in [0.05, 0.1) is 43.8 Å². The van der Waals surface area contributed by atoms with E-state index >= 15 is 0 Å². The van der Waals surface area contributed by atoms with Crippen molar-refractivity contribution in [2.24, 2.45) is 5.92 Å². The number of carbonyl (C=O) groups is 1. The number of benzene rings is 2. The fraction of sp³-hybridized carbons (Fsp3) is 0.393. The van der Waals surface area contributed by atoms with Crippen molar-refractivity contribution in [2.45, 2.75) is 53.1 Å². The molecule has 0 spiro atoms. The Morgan fingerprint density at radius 3 is 1.98 bits per heavy atom. The number of aromatic nitrogens is 2. The predicted octanol–water partition coefficient (Wildman–Crippen LogP) is 6.15. The maximum Gasteiger partial charge on any atom is 0.233 e. The van der Waals surface area contributed by atoms with Gasteiger partial charge in [0.1, 0.15) is 0 Å². The number of amides is 1. The summed E-state index contributed by atoms with van der Waals surface area (Å²) >= 11 is 14.5. The van der Waals surface area contributed by atoms with Gasteiger partial charge in [-0.15, -0.1) is 0 Å². The number of nitrogens with zero attached hydrogens (tertiary/aromatic N) is 2. The van der Waals surface area contributed by atoms with E-state index < -0.39 is 31.5 Å². The highest BCUT2D eigenvalue weighted by Crippen LogP contribution is 2.47. The van der Waals surface area contributed by atoms with E-state index in [1.807, 2.05) is 6.26 Å². The Kier molecular flexibility index (Phi) is 10.1. The molecule has 4 rings (SSSR count). The minimum absolute atomic E-state index is 0.00949. The van der Waals surface area contributed by atoms with Crippen molar-refractivity contribution in [3.63, 3.8) is 0 Å². The summed E-state index contributed by atoms with van der Waals surface area (Å²) < 4.78 is 49.0. The molecule has 0 saturated heterocycles. The third-order valence-corrected chi connectivity index (χ3v) is 11.0. The maximum absolute atomic E-state index is 14.1. The van der Waals surface area contributed by atoms with E-state index in [0.29, 0.717) is 16.9 Å². The minimum atomic E-state index is -3.59. The molecule has 1 aromatic heterocycles. The lowest BCUT2D eigenvalue weighted by molar-refractivity contribution is -0.118. The van der Waals surface area contributed by atoms with E-state index in [4.69, 9.17) is 23.2 Å². The van der Waals surface area contributed by atoms with Gasteiger partial charge in [-0.05, 0) is 60.4 Å². The predicted molar refractivity (Wildman–Crippen MR) is 164 cm³/mol. The van der Waals surface area contributed by atoms with Crippen LogP contribution in [0.1, 0.15) is 54.3 Å². The monoisotopic (exact) mass is 655 g/mol. The van der Waals surface area contributed by atoms with Crippen molar-refractivity contribution < 1.29 is 21.6 Å². The summed E-state index contributed by atoms with van der Waals surface area (Å²) in [6.45, 7) is 0. The molecule has 0 aliphatic heterocycles. The van der Waals surface area contributed by atoms with Gasteiger partial charge in [0.2, 0.25) is 5.91 Å². The van der Waals surface area contributed by atoms with E-state index in [9.17, 15) is 21.6 Å². The van der Waals surface area contributed by atoms with Crippen molar-refractivity contribution in [1.29, 1.82) is 0 Å². The first-order valence-electron chi connectivity index (χ1n) is 12.9. The molecule has 3 aromatic rings. The van der Waals surface area contributed by atoms with Crippen molar-refractivity contribution in [2.75, 3.05) is 24.1 Å². The average molecular weight is 657 g/mol. The molecule has 2 unspecified atom stereocenters. The van der Waals surface area contributed by atoms with Crippen LogP contribution in [0, 0.1) is 5.92 Å². The quantitative estimate of drug-likeness (QED) is 0.276. The van der Waals surface area contributed by atoms with Crippen molar-refractivity contribution in [1.82, 2.24) is 9.97 Å². The van der Waals surface area contributed by atoms with Gasteiger partial charge in [-0.25, -0.2) is 21.8 Å². The number of nitrogens with one attached hydrogen (secondary N) is 1. The van der Waals surface area contributed by atoms with Crippen LogP contribution in [0.4, 0.5) is 5.82 Å². The molecule has 1 aliphatic rings. The molecule has 41 heavy (non-hydrogen) atoms. The number of halogens is 2. The van der Waals surface area contributed by atoms with Crippen LogP contribution in [0.25, 0.3) is 0 Å². The molecule has 1 saturated carbocycles. The molecule has 0 radical (unpaired) electrons. The van der Waals surface area contributed by atoms with Crippen LogP contribution in [0.15, 0.2) is 58.6 Å². The molecule has 1 N–H and O–H groups in total. The second-order valence-corrected chi connectivity index (χ2v) is 15.9. The standard InChI is InChI=1S/C28H31Cl2N3O5S3/c1-39-16-20-14-32-25(15-31-20)33-28(34)27(19-9-11-24(22(30)13-19)41(3,37)38)26(17-6-4-5-7-17)18-8-10-23(21(29)12-18)40(2,35)36/h8-15,17,26-27H,4-7,16H2,1-3H3,(H,32,33,34). The Morgan fingerprint density at radius 2 is 1.49 bits per heavy atom. The van der Waals surface area contributed by atoms with Gasteiger partial charge in [-0.2, -0.15) is 11.8 Å². The first-order chi connectivity index (χ1) is 19.3. The fourth-order valence-corrected chi connectivity index (χ4v) is 8.58. The minimum Gasteiger partial charge on any atom is -0.309 e. The highest BCUT2D eigenvalue weighted by molar-refractivity contribution is 7.97. The Hall–Kier alpha value is -2.18. The summed E-state index contributed by atoms with van der Waals surface area (Å²) in [5.41, 5.74) is 2.01. The molecular weight excluding hydrogens is 625 g/mol. The second kappa shape index (κ2) is 13.0. The van der Waals surface area contributed by atoms with Crippen LogP contribution in [-0.2, 0) is 30.2 Å². The molecule has 2 aromatic carbocycles. The maximum atomic E-state index is 14.1. The molecule has 1 aliphatic carbocycles. The Bertz CT molecular complexity index is 1640. The SMILES string of the molecule is CSCc1cnc(NC(=O)C(c2ccc(S(C)(=O)=O)c(Cl)c2)C(c2ccc(S(C)(=O)=O)c(Cl)c2)C2CCCC2)cn1. The number of carbonyl (C=O) groups excluding carboxylic acids is 1. The third kappa shape index (κ3) is 7.62. The normalized spacial score (nSPS) is 15.9. The highest BCUT2D eigenvalue weighted by Gasteiger charge is 2.39. The average Bonchev–Trinajstić information content (AvgIpc) is 3.41. The van der Waals surface area contributed by atoms with E-state index in [1.165, 1.54) is 24.4 Å². The number of sulfone groups is 2. The van der Waals surface area contributed by atoms with Crippen LogP contribution < -0.4 is 5.32 Å². The molecule has 2 atom stereocenters. The lowest BCUT2D eigenvalue weighted by Crippen LogP contribution is -2.30. The first-order valence-corrected chi connectivity index (χ1v) is 18.8. The topological polar surface area (TPSA) is 123 Å². The lowest BCUT2D eigenvalue weighted by atomic mass is 9.72. The van der Waals surface area contributed by atoms with Crippen molar-refractivity contribution in [3.05, 3.63) is 75.7 Å². The molecule has 220 valence electrons. The lowest BCUT2D eigenvalue weighted by Gasteiger charge is -2.32. The van der Waals surface area contributed by atoms with E-state index in [1.54, 1.807) is 36.2 Å². The van der Waals surface area contributed by atoms with Gasteiger partial charge in [0.25, 0.3) is 0 Å². The zero-order valence-electron chi connectivity index (χ0n) is 22.8. The highest BCUT2D eigenvalue weighted by atomic mass is 35.5. The number of rotatable bonds is 10. The zero-order valence-corrected chi connectivity index (χ0v) is 26.8. The summed E-state index contributed by atoms with van der Waals surface area (Å²) in [4.78, 5) is 22.8. The summed E-state index contributed by atoms with van der Waals surface area (Å²) in [6, 6.07) is 9.33. The van der Waals surface area contributed by atoms with Gasteiger partial charge >= 0.3 is 0 Å². The van der Waals surface area contributed by atoms with E-state index in [0.717, 1.165) is 43.9 Å². The summed E-state index contributed by atoms with van der Waals surface area (Å²) in [7, 11) is -7.15. The van der Waals surface area contributed by atoms with Crippen LogP contribution in [-0.4, -0.2) is 51.5 Å². The summed E-state index contributed by atoms with van der Waals surface area (Å²) in [6.07, 6.45) is 10.9. The third-order valence-electron chi connectivity index (χ3n) is 7.25. The number of hydrogen-bond acceptors (Lipinski definition) is 8. The largest absolute Gasteiger partial charge is 0.309 e. The summed E-state index contributed by atoms with van der Waals surface area (Å²) in [5, 5.41) is 2.98. The van der Waals surface area contributed by atoms with Gasteiger partial charge < -0.3 is 5.32 Å². The van der Waals surface area contributed by atoms with Crippen molar-refractivity contribution >= 4 is 66.4 Å².